The smallest absolute Gasteiger partial charge is 0.226 e. The van der Waals surface area contributed by atoms with Crippen LogP contribution in [0.15, 0.2) is 48.5 Å². The maximum Gasteiger partial charge on any atom is 0.226 e. The molecule has 1 aliphatic rings. The average Bonchev–Trinajstić information content (AvgIpc) is 3.10. The number of methoxy groups -OCH3 is 1. The fourth-order valence-electron chi connectivity index (χ4n) is 2.82. The lowest BCUT2D eigenvalue weighted by molar-refractivity contribution is -0.125. The quantitative estimate of drug-likeness (QED) is 0.779. The third-order valence-corrected chi connectivity index (χ3v) is 4.57. The van der Waals surface area contributed by atoms with Crippen molar-refractivity contribution in [1.29, 1.82) is 0 Å². The molecule has 0 aromatic heterocycles. The van der Waals surface area contributed by atoms with Gasteiger partial charge in [-0.3, -0.25) is 10.2 Å². The minimum atomic E-state index is -0.194. The normalized spacial score (nSPS) is 19.9. The van der Waals surface area contributed by atoms with Crippen LogP contribution in [0.2, 0.25) is 5.02 Å². The highest BCUT2D eigenvalue weighted by Gasteiger charge is 2.33. The summed E-state index contributed by atoms with van der Waals surface area (Å²) in [6, 6.07) is 15.2. The van der Waals surface area contributed by atoms with E-state index in [9.17, 15) is 4.79 Å². The van der Waals surface area contributed by atoms with E-state index in [2.05, 4.69) is 16.2 Å². The summed E-state index contributed by atoms with van der Waals surface area (Å²) in [6.07, 6.45) is 0. The molecule has 2 unspecified atom stereocenters. The van der Waals surface area contributed by atoms with Gasteiger partial charge < -0.3 is 10.1 Å². The maximum absolute atomic E-state index is 12.6. The van der Waals surface area contributed by atoms with Gasteiger partial charge >= 0.3 is 0 Å². The van der Waals surface area contributed by atoms with Gasteiger partial charge in [-0.25, -0.2) is 5.43 Å². The number of benzene rings is 2. The van der Waals surface area contributed by atoms with Crippen LogP contribution in [0.3, 0.4) is 0 Å². The molecule has 0 saturated carbocycles. The minimum absolute atomic E-state index is 0.00626. The number of ether oxygens (including phenoxy) is 1. The highest BCUT2D eigenvalue weighted by atomic mass is 35.5. The van der Waals surface area contributed by atoms with Gasteiger partial charge in [-0.2, -0.15) is 0 Å². The van der Waals surface area contributed by atoms with Crippen molar-refractivity contribution in [3.8, 4) is 5.75 Å². The zero-order chi connectivity index (χ0) is 16.9. The van der Waals surface area contributed by atoms with E-state index in [1.165, 1.54) is 0 Å². The van der Waals surface area contributed by atoms with Crippen molar-refractivity contribution in [2.75, 3.05) is 13.7 Å². The molecule has 0 spiro atoms. The second-order valence-electron chi connectivity index (χ2n) is 5.69. The van der Waals surface area contributed by atoms with Crippen LogP contribution in [0.1, 0.15) is 17.2 Å². The van der Waals surface area contributed by atoms with Gasteiger partial charge in [0.1, 0.15) is 5.75 Å². The van der Waals surface area contributed by atoms with Crippen LogP contribution in [-0.4, -0.2) is 19.6 Å². The number of hydrazine groups is 1. The molecule has 5 nitrogen and oxygen atoms in total. The molecule has 1 aliphatic heterocycles. The standard InChI is InChI=1S/C18H20ClN3O2/c1-24-14-8-6-12(7-9-14)17-15(11-21-22-17)18(23)20-10-13-4-2-3-5-16(13)19/h2-9,15,17,21-22H,10-11H2,1H3,(H,20,23). The topological polar surface area (TPSA) is 62.4 Å². The first-order valence-corrected chi connectivity index (χ1v) is 8.20. The van der Waals surface area contributed by atoms with Crippen LogP contribution in [0.5, 0.6) is 5.75 Å². The van der Waals surface area contributed by atoms with E-state index >= 15 is 0 Å². The molecule has 3 rings (SSSR count). The Morgan fingerprint density at radius 2 is 2.00 bits per heavy atom. The summed E-state index contributed by atoms with van der Waals surface area (Å²) in [4.78, 5) is 12.6. The summed E-state index contributed by atoms with van der Waals surface area (Å²) in [5, 5.41) is 3.64. The van der Waals surface area contributed by atoms with E-state index in [4.69, 9.17) is 16.3 Å². The molecule has 1 fully saturated rings. The number of rotatable bonds is 5. The molecule has 2 aromatic carbocycles. The molecule has 0 bridgehead atoms. The Balaban J connectivity index is 1.66. The Bertz CT molecular complexity index is 706. The average molecular weight is 346 g/mol. The van der Waals surface area contributed by atoms with Crippen molar-refractivity contribution in [1.82, 2.24) is 16.2 Å². The Labute approximate surface area is 146 Å². The van der Waals surface area contributed by atoms with Crippen LogP contribution in [0, 0.1) is 5.92 Å². The second kappa shape index (κ2) is 7.66. The molecule has 1 amide bonds. The zero-order valence-electron chi connectivity index (χ0n) is 13.4. The fourth-order valence-corrected chi connectivity index (χ4v) is 3.03. The molecule has 6 heteroatoms. The van der Waals surface area contributed by atoms with E-state index in [1.54, 1.807) is 7.11 Å². The monoisotopic (exact) mass is 345 g/mol. The molecular formula is C18H20ClN3O2. The molecule has 24 heavy (non-hydrogen) atoms. The number of amides is 1. The van der Waals surface area contributed by atoms with Gasteiger partial charge in [0.15, 0.2) is 0 Å². The van der Waals surface area contributed by atoms with E-state index in [0.29, 0.717) is 18.1 Å². The summed E-state index contributed by atoms with van der Waals surface area (Å²) < 4.78 is 5.18. The van der Waals surface area contributed by atoms with E-state index in [1.807, 2.05) is 48.5 Å². The second-order valence-corrected chi connectivity index (χ2v) is 6.10. The number of halogens is 1. The van der Waals surface area contributed by atoms with Gasteiger partial charge in [0, 0.05) is 18.1 Å². The van der Waals surface area contributed by atoms with Gasteiger partial charge in [0.25, 0.3) is 0 Å². The van der Waals surface area contributed by atoms with Crippen molar-refractivity contribution in [2.45, 2.75) is 12.6 Å². The lowest BCUT2D eigenvalue weighted by Gasteiger charge is -2.19. The van der Waals surface area contributed by atoms with Crippen LogP contribution < -0.4 is 20.9 Å². The lowest BCUT2D eigenvalue weighted by Crippen LogP contribution is -2.34. The first-order chi connectivity index (χ1) is 11.7. The number of carbonyl (C=O) groups is 1. The largest absolute Gasteiger partial charge is 0.497 e. The van der Waals surface area contributed by atoms with Crippen molar-refractivity contribution in [3.05, 3.63) is 64.7 Å². The van der Waals surface area contributed by atoms with Crippen LogP contribution in [0.4, 0.5) is 0 Å². The summed E-state index contributed by atoms with van der Waals surface area (Å²) in [5.41, 5.74) is 8.20. The highest BCUT2D eigenvalue weighted by molar-refractivity contribution is 6.31. The predicted octanol–water partition coefficient (Wildman–Crippen LogP) is 2.43. The molecule has 126 valence electrons. The molecule has 2 aromatic rings. The summed E-state index contributed by atoms with van der Waals surface area (Å²) >= 11 is 6.13. The first-order valence-electron chi connectivity index (χ1n) is 7.82. The highest BCUT2D eigenvalue weighted by Crippen LogP contribution is 2.27. The lowest BCUT2D eigenvalue weighted by atomic mass is 9.94. The number of nitrogens with one attached hydrogen (secondary N) is 3. The molecule has 3 N–H and O–H groups in total. The minimum Gasteiger partial charge on any atom is -0.497 e. The SMILES string of the molecule is COc1ccc(C2NNCC2C(=O)NCc2ccccc2Cl)cc1. The maximum atomic E-state index is 12.6. The molecule has 0 radical (unpaired) electrons. The number of hydrogen-bond acceptors (Lipinski definition) is 4. The summed E-state index contributed by atoms with van der Waals surface area (Å²) in [6.45, 7) is 0.995. The van der Waals surface area contributed by atoms with E-state index < -0.39 is 0 Å². The number of carbonyl (C=O) groups excluding carboxylic acids is 1. The molecular weight excluding hydrogens is 326 g/mol. The van der Waals surface area contributed by atoms with Crippen LogP contribution in [0.25, 0.3) is 0 Å². The van der Waals surface area contributed by atoms with Crippen LogP contribution >= 0.6 is 11.6 Å². The molecule has 0 aliphatic carbocycles. The fraction of sp³-hybridized carbons (Fsp3) is 0.278. The van der Waals surface area contributed by atoms with Crippen molar-refractivity contribution in [2.24, 2.45) is 5.92 Å². The number of hydrogen-bond donors (Lipinski definition) is 3. The Morgan fingerprint density at radius 1 is 1.25 bits per heavy atom. The van der Waals surface area contributed by atoms with Crippen molar-refractivity contribution >= 4 is 17.5 Å². The predicted molar refractivity (Wildman–Crippen MR) is 93.7 cm³/mol. The van der Waals surface area contributed by atoms with E-state index in [-0.39, 0.29) is 17.9 Å². The summed E-state index contributed by atoms with van der Waals surface area (Å²) in [5.74, 6) is 0.596. The Morgan fingerprint density at radius 3 is 2.71 bits per heavy atom. The van der Waals surface area contributed by atoms with Gasteiger partial charge in [-0.05, 0) is 29.3 Å². The van der Waals surface area contributed by atoms with Crippen LogP contribution in [-0.2, 0) is 11.3 Å². The van der Waals surface area contributed by atoms with Crippen molar-refractivity contribution in [3.63, 3.8) is 0 Å². The zero-order valence-corrected chi connectivity index (χ0v) is 14.1. The molecule has 1 saturated heterocycles. The van der Waals surface area contributed by atoms with Crippen molar-refractivity contribution < 1.29 is 9.53 Å². The Hall–Kier alpha value is -2.08. The van der Waals surface area contributed by atoms with Gasteiger partial charge in [0.2, 0.25) is 5.91 Å². The third kappa shape index (κ3) is 3.70. The first kappa shape index (κ1) is 16.8. The third-order valence-electron chi connectivity index (χ3n) is 4.20. The van der Waals surface area contributed by atoms with Gasteiger partial charge in [-0.1, -0.05) is 41.9 Å². The van der Waals surface area contributed by atoms with E-state index in [0.717, 1.165) is 16.9 Å². The van der Waals surface area contributed by atoms with Gasteiger partial charge in [0.05, 0.1) is 19.1 Å². The summed E-state index contributed by atoms with van der Waals surface area (Å²) in [7, 11) is 1.63. The Kier molecular flexibility index (Phi) is 5.35. The molecule has 1 heterocycles. The molecule has 2 atom stereocenters. The van der Waals surface area contributed by atoms with Gasteiger partial charge in [-0.15, -0.1) is 0 Å².